The van der Waals surface area contributed by atoms with E-state index in [0.29, 0.717) is 19.6 Å². The van der Waals surface area contributed by atoms with Gasteiger partial charge in [-0.2, -0.15) is 0 Å². The summed E-state index contributed by atoms with van der Waals surface area (Å²) in [5.74, 6) is -0.269. The summed E-state index contributed by atoms with van der Waals surface area (Å²) in [5, 5.41) is 4.24. The number of aromatic nitrogens is 1. The third-order valence-electron chi connectivity index (χ3n) is 5.07. The lowest BCUT2D eigenvalue weighted by Gasteiger charge is -2.22. The van der Waals surface area contributed by atoms with Gasteiger partial charge in [-0.05, 0) is 48.2 Å². The van der Waals surface area contributed by atoms with Gasteiger partial charge in [0.15, 0.2) is 0 Å². The zero-order chi connectivity index (χ0) is 18.1. The minimum Gasteiger partial charge on any atom is -0.347 e. The van der Waals surface area contributed by atoms with E-state index >= 15 is 0 Å². The number of hydrogen-bond donors (Lipinski definition) is 1. The Labute approximate surface area is 152 Å². The maximum Gasteiger partial charge on any atom is 0.317 e. The molecule has 134 valence electrons. The Morgan fingerprint density at radius 2 is 1.96 bits per heavy atom. The summed E-state index contributed by atoms with van der Waals surface area (Å²) in [4.78, 5) is 14.5. The number of nitrogens with zero attached hydrogens (tertiary/aromatic N) is 2. The molecule has 1 aromatic heterocycles. The second-order valence-corrected chi connectivity index (χ2v) is 6.71. The first-order valence-corrected chi connectivity index (χ1v) is 9.02. The van der Waals surface area contributed by atoms with Crippen LogP contribution >= 0.6 is 0 Å². The summed E-state index contributed by atoms with van der Waals surface area (Å²) in [6.45, 7) is 4.79. The summed E-state index contributed by atoms with van der Waals surface area (Å²) in [6.07, 6.45) is 3.07. The van der Waals surface area contributed by atoms with Gasteiger partial charge in [-0.15, -0.1) is 0 Å². The maximum atomic E-state index is 13.0. The van der Waals surface area contributed by atoms with E-state index in [-0.39, 0.29) is 11.8 Å². The Kier molecular flexibility index (Phi) is 4.37. The third kappa shape index (κ3) is 3.05. The molecule has 1 aliphatic rings. The Hall–Kier alpha value is -2.82. The predicted octanol–water partition coefficient (Wildman–Crippen LogP) is 4.07. The molecule has 0 unspecified atom stereocenters. The molecule has 5 heteroatoms. The van der Waals surface area contributed by atoms with Gasteiger partial charge >= 0.3 is 6.03 Å². The molecule has 0 atom stereocenters. The number of rotatable bonds is 3. The van der Waals surface area contributed by atoms with Crippen molar-refractivity contribution in [1.82, 2.24) is 14.8 Å². The summed E-state index contributed by atoms with van der Waals surface area (Å²) in [5.41, 5.74) is 4.64. The molecule has 1 aliphatic heterocycles. The number of halogens is 1. The molecule has 2 aromatic carbocycles. The lowest BCUT2D eigenvalue weighted by molar-refractivity contribution is 0.196. The molecule has 0 saturated carbocycles. The molecule has 3 aromatic rings. The van der Waals surface area contributed by atoms with Crippen molar-refractivity contribution >= 4 is 16.9 Å². The van der Waals surface area contributed by atoms with E-state index < -0.39 is 0 Å². The number of nitrogens with one attached hydrogen (secondary N) is 1. The topological polar surface area (TPSA) is 37.3 Å². The number of hydrogen-bond acceptors (Lipinski definition) is 1. The Bertz CT molecular complexity index is 946. The molecule has 4 nitrogen and oxygen atoms in total. The van der Waals surface area contributed by atoms with Crippen molar-refractivity contribution in [2.24, 2.45) is 0 Å². The van der Waals surface area contributed by atoms with Crippen LogP contribution in [0.5, 0.6) is 0 Å². The van der Waals surface area contributed by atoms with E-state index in [4.69, 9.17) is 0 Å². The van der Waals surface area contributed by atoms with Crippen molar-refractivity contribution in [3.8, 4) is 0 Å². The molecule has 2 amide bonds. The van der Waals surface area contributed by atoms with Crippen molar-refractivity contribution < 1.29 is 9.18 Å². The number of amides is 2. The number of carbonyl (C=O) groups excluding carboxylic acids is 1. The van der Waals surface area contributed by atoms with Crippen LogP contribution in [-0.2, 0) is 26.1 Å². The van der Waals surface area contributed by atoms with Crippen LogP contribution in [0.1, 0.15) is 23.6 Å². The molecule has 1 N–H and O–H groups in total. The third-order valence-corrected chi connectivity index (χ3v) is 5.07. The van der Waals surface area contributed by atoms with Crippen LogP contribution in [-0.4, -0.2) is 22.0 Å². The molecule has 0 bridgehead atoms. The highest BCUT2D eigenvalue weighted by atomic mass is 19.1. The van der Waals surface area contributed by atoms with E-state index in [1.54, 1.807) is 12.1 Å². The number of carbonyl (C=O) groups is 1. The van der Waals surface area contributed by atoms with Crippen LogP contribution in [0.2, 0.25) is 0 Å². The van der Waals surface area contributed by atoms with Crippen LogP contribution < -0.4 is 5.32 Å². The van der Waals surface area contributed by atoms with Crippen molar-refractivity contribution in [2.75, 3.05) is 6.54 Å². The first kappa shape index (κ1) is 16.6. The van der Waals surface area contributed by atoms with Gasteiger partial charge < -0.3 is 14.8 Å². The Morgan fingerprint density at radius 3 is 2.73 bits per heavy atom. The highest BCUT2D eigenvalue weighted by Gasteiger charge is 2.21. The number of benzene rings is 2. The van der Waals surface area contributed by atoms with E-state index in [1.165, 1.54) is 34.2 Å². The molecular weight excluding hydrogens is 329 g/mol. The Balaban J connectivity index is 1.51. The van der Waals surface area contributed by atoms with Crippen LogP contribution in [0.3, 0.4) is 0 Å². The number of urea groups is 1. The fourth-order valence-corrected chi connectivity index (χ4v) is 3.71. The van der Waals surface area contributed by atoms with Crippen molar-refractivity contribution in [3.05, 3.63) is 71.2 Å². The van der Waals surface area contributed by atoms with Gasteiger partial charge in [0.2, 0.25) is 0 Å². The molecule has 0 radical (unpaired) electrons. The predicted molar refractivity (Wildman–Crippen MR) is 100 cm³/mol. The largest absolute Gasteiger partial charge is 0.347 e. The molecule has 0 spiro atoms. The van der Waals surface area contributed by atoms with Crippen LogP contribution in [0, 0.1) is 5.82 Å². The second kappa shape index (κ2) is 6.83. The second-order valence-electron chi connectivity index (χ2n) is 6.71. The average Bonchev–Trinajstić information content (AvgIpc) is 2.91. The number of aryl methyl sites for hydroxylation is 1. The minimum absolute atomic E-state index is 0.0835. The lowest BCUT2D eigenvalue weighted by atomic mass is 10.1. The van der Waals surface area contributed by atoms with Gasteiger partial charge in [0.1, 0.15) is 5.82 Å². The average molecular weight is 351 g/mol. The zero-order valence-corrected chi connectivity index (χ0v) is 14.8. The van der Waals surface area contributed by atoms with E-state index in [2.05, 4.69) is 41.2 Å². The molecule has 0 aliphatic carbocycles. The first-order chi connectivity index (χ1) is 12.7. The normalized spacial score (nSPS) is 13.7. The summed E-state index contributed by atoms with van der Waals surface area (Å²) in [6, 6.07) is 12.4. The van der Waals surface area contributed by atoms with Gasteiger partial charge in [-0.25, -0.2) is 9.18 Å². The van der Waals surface area contributed by atoms with Gasteiger partial charge in [0.25, 0.3) is 0 Å². The zero-order valence-electron chi connectivity index (χ0n) is 14.8. The van der Waals surface area contributed by atoms with E-state index in [1.807, 2.05) is 4.90 Å². The maximum absolute atomic E-state index is 13.0. The van der Waals surface area contributed by atoms with E-state index in [0.717, 1.165) is 18.5 Å². The fourth-order valence-electron chi connectivity index (χ4n) is 3.71. The molecule has 4 rings (SSSR count). The first-order valence-electron chi connectivity index (χ1n) is 9.02. The monoisotopic (exact) mass is 351 g/mol. The van der Waals surface area contributed by atoms with Crippen molar-refractivity contribution in [3.63, 3.8) is 0 Å². The van der Waals surface area contributed by atoms with Gasteiger partial charge in [0.05, 0.1) is 0 Å². The van der Waals surface area contributed by atoms with Crippen LogP contribution in [0.4, 0.5) is 9.18 Å². The lowest BCUT2D eigenvalue weighted by Crippen LogP contribution is -2.39. The summed E-state index contributed by atoms with van der Waals surface area (Å²) in [7, 11) is 0. The molecule has 0 fully saturated rings. The molecule has 26 heavy (non-hydrogen) atoms. The standard InChI is InChI=1S/C21H22FN3O/c1-2-24-13-17-10-11-25(14-16-4-3-5-19(24)20(16)17)21(26)23-12-15-6-8-18(22)9-7-15/h3-9,13H,2,10-12,14H2,1H3,(H,23,26). The van der Waals surface area contributed by atoms with Gasteiger partial charge in [-0.3, -0.25) is 0 Å². The van der Waals surface area contributed by atoms with Crippen LogP contribution in [0.25, 0.3) is 10.9 Å². The SMILES string of the molecule is CCn1cc2c3c(cccc31)CN(C(=O)NCc1ccc(F)cc1)CC2. The molecule has 2 heterocycles. The summed E-state index contributed by atoms with van der Waals surface area (Å²) >= 11 is 0. The van der Waals surface area contributed by atoms with Crippen molar-refractivity contribution in [2.45, 2.75) is 33.0 Å². The van der Waals surface area contributed by atoms with E-state index in [9.17, 15) is 9.18 Å². The minimum atomic E-state index is -0.269. The Morgan fingerprint density at radius 1 is 1.15 bits per heavy atom. The fraction of sp³-hybridized carbons (Fsp3) is 0.286. The van der Waals surface area contributed by atoms with Gasteiger partial charge in [-0.1, -0.05) is 24.3 Å². The van der Waals surface area contributed by atoms with Crippen LogP contribution in [0.15, 0.2) is 48.7 Å². The highest BCUT2D eigenvalue weighted by molar-refractivity contribution is 5.88. The molecular formula is C21H22FN3O. The summed E-state index contributed by atoms with van der Waals surface area (Å²) < 4.78 is 15.3. The highest BCUT2D eigenvalue weighted by Crippen LogP contribution is 2.29. The van der Waals surface area contributed by atoms with Gasteiger partial charge in [0, 0.05) is 43.3 Å². The smallest absolute Gasteiger partial charge is 0.317 e. The van der Waals surface area contributed by atoms with Crippen molar-refractivity contribution in [1.29, 1.82) is 0 Å². The molecule has 0 saturated heterocycles. The quantitative estimate of drug-likeness (QED) is 0.759.